The zero-order valence-electron chi connectivity index (χ0n) is 5.72. The second kappa shape index (κ2) is 2.64. The van der Waals surface area contributed by atoms with E-state index in [-0.39, 0.29) is 0 Å². The Morgan fingerprint density at radius 3 is 3.00 bits per heavy atom. The van der Waals surface area contributed by atoms with Crippen LogP contribution in [-0.2, 0) is 0 Å². The van der Waals surface area contributed by atoms with E-state index < -0.39 is 5.60 Å². The molecule has 0 amide bonds. The van der Waals surface area contributed by atoms with Crippen molar-refractivity contribution in [1.82, 2.24) is 10.6 Å². The van der Waals surface area contributed by atoms with E-state index in [9.17, 15) is 5.11 Å². The van der Waals surface area contributed by atoms with Gasteiger partial charge >= 0.3 is 0 Å². The highest BCUT2D eigenvalue weighted by Gasteiger charge is 2.30. The fourth-order valence-corrected chi connectivity index (χ4v) is 1.13. The molecule has 1 fully saturated rings. The Hall–Kier alpha value is -0.120. The molecule has 0 spiro atoms. The Labute approximate surface area is 55.5 Å². The minimum atomic E-state index is -0.533. The molecule has 1 aliphatic rings. The van der Waals surface area contributed by atoms with E-state index in [0.29, 0.717) is 13.1 Å². The summed E-state index contributed by atoms with van der Waals surface area (Å²) in [4.78, 5) is 0. The summed E-state index contributed by atoms with van der Waals surface area (Å²) in [7, 11) is 1.84. The molecule has 1 aliphatic heterocycles. The van der Waals surface area contributed by atoms with E-state index in [1.165, 1.54) is 0 Å². The number of likely N-dealkylation sites (N-methyl/N-ethyl adjacent to an activating group) is 1. The quantitative estimate of drug-likeness (QED) is 0.499. The number of nitrogens with zero attached hydrogens (tertiary/aromatic N) is 1. The van der Waals surface area contributed by atoms with E-state index >= 15 is 0 Å². The van der Waals surface area contributed by atoms with E-state index in [2.05, 4.69) is 10.6 Å². The fourth-order valence-electron chi connectivity index (χ4n) is 1.13. The minimum Gasteiger partial charge on any atom is -0.387 e. The molecule has 9 heavy (non-hydrogen) atoms. The molecule has 0 aromatic heterocycles. The molecule has 3 nitrogen and oxygen atoms in total. The molecular weight excluding hydrogens is 116 g/mol. The average Bonchev–Trinajstić information content (AvgIpc) is 2.16. The summed E-state index contributed by atoms with van der Waals surface area (Å²) in [5.41, 5.74) is -0.533. The van der Waals surface area contributed by atoms with E-state index in [1.807, 2.05) is 7.05 Å². The molecule has 0 saturated carbocycles. The summed E-state index contributed by atoms with van der Waals surface area (Å²) in [6.07, 6.45) is 0.813. The highest BCUT2D eigenvalue weighted by Crippen LogP contribution is 2.12. The summed E-state index contributed by atoms with van der Waals surface area (Å²) in [6.45, 7) is 2.09. The number of nitrogens with one attached hydrogen (secondary N) is 1. The van der Waals surface area contributed by atoms with Crippen molar-refractivity contribution in [2.24, 2.45) is 0 Å². The minimum absolute atomic E-state index is 0.533. The van der Waals surface area contributed by atoms with Crippen molar-refractivity contribution >= 4 is 0 Å². The monoisotopic (exact) mass is 129 g/mol. The van der Waals surface area contributed by atoms with Gasteiger partial charge in [-0.25, -0.2) is 5.32 Å². The van der Waals surface area contributed by atoms with Gasteiger partial charge in [-0.1, -0.05) is 0 Å². The third kappa shape index (κ3) is 1.64. The van der Waals surface area contributed by atoms with Crippen LogP contribution in [0.4, 0.5) is 0 Å². The highest BCUT2D eigenvalue weighted by atomic mass is 16.3. The van der Waals surface area contributed by atoms with Gasteiger partial charge < -0.3 is 10.4 Å². The van der Waals surface area contributed by atoms with Crippen molar-refractivity contribution in [1.29, 1.82) is 0 Å². The summed E-state index contributed by atoms with van der Waals surface area (Å²) in [5.74, 6) is 0. The predicted octanol–water partition coefficient (Wildman–Crippen LogP) is -1.06. The van der Waals surface area contributed by atoms with Crippen LogP contribution in [0.25, 0.3) is 0 Å². The smallest absolute Gasteiger partial charge is 0.0924 e. The Morgan fingerprint density at radius 1 is 1.78 bits per heavy atom. The van der Waals surface area contributed by atoms with Crippen molar-refractivity contribution in [3.63, 3.8) is 0 Å². The Balaban J connectivity index is 2.32. The van der Waals surface area contributed by atoms with Crippen molar-refractivity contribution in [3.05, 3.63) is 0 Å². The topological polar surface area (TPSA) is 46.4 Å². The number of aliphatic hydroxyl groups is 1. The van der Waals surface area contributed by atoms with Crippen LogP contribution in [0.2, 0.25) is 0 Å². The van der Waals surface area contributed by atoms with E-state index in [1.54, 1.807) is 0 Å². The normalized spacial score (nSPS) is 35.3. The number of hydrogen-bond donors (Lipinski definition) is 2. The molecule has 1 radical (unpaired) electrons. The van der Waals surface area contributed by atoms with Crippen LogP contribution >= 0.6 is 0 Å². The zero-order chi connectivity index (χ0) is 6.74. The Morgan fingerprint density at radius 2 is 2.56 bits per heavy atom. The lowest BCUT2D eigenvalue weighted by Crippen LogP contribution is -2.40. The zero-order valence-corrected chi connectivity index (χ0v) is 5.72. The van der Waals surface area contributed by atoms with Crippen molar-refractivity contribution in [3.8, 4) is 0 Å². The molecule has 1 unspecified atom stereocenters. The average molecular weight is 129 g/mol. The summed E-state index contributed by atoms with van der Waals surface area (Å²) >= 11 is 0. The van der Waals surface area contributed by atoms with Crippen LogP contribution < -0.4 is 10.6 Å². The first-order valence-electron chi connectivity index (χ1n) is 3.27. The van der Waals surface area contributed by atoms with Gasteiger partial charge in [0, 0.05) is 19.6 Å². The van der Waals surface area contributed by atoms with Gasteiger partial charge in [0.2, 0.25) is 0 Å². The van der Waals surface area contributed by atoms with Gasteiger partial charge in [0.05, 0.1) is 5.60 Å². The maximum absolute atomic E-state index is 9.54. The van der Waals surface area contributed by atoms with Crippen LogP contribution in [0, 0.1) is 0 Å². The molecule has 3 heteroatoms. The van der Waals surface area contributed by atoms with E-state index in [4.69, 9.17) is 0 Å². The molecule has 1 saturated heterocycles. The molecule has 1 heterocycles. The first-order valence-corrected chi connectivity index (χ1v) is 3.27. The second-order valence-corrected chi connectivity index (χ2v) is 2.61. The van der Waals surface area contributed by atoms with Crippen LogP contribution in [0.5, 0.6) is 0 Å². The Kier molecular flexibility index (Phi) is 2.05. The van der Waals surface area contributed by atoms with Crippen molar-refractivity contribution < 1.29 is 5.11 Å². The molecular formula is C6H13N2O. The van der Waals surface area contributed by atoms with Crippen LogP contribution in [0.1, 0.15) is 6.42 Å². The van der Waals surface area contributed by atoms with Gasteiger partial charge in [-0.3, -0.25) is 0 Å². The lowest BCUT2D eigenvalue weighted by atomic mass is 10.0. The lowest BCUT2D eigenvalue weighted by molar-refractivity contribution is 0.0630. The second-order valence-electron chi connectivity index (χ2n) is 2.61. The summed E-state index contributed by atoms with van der Waals surface area (Å²) in [6, 6.07) is 0. The number of rotatable bonds is 2. The van der Waals surface area contributed by atoms with Gasteiger partial charge in [0.1, 0.15) is 0 Å². The van der Waals surface area contributed by atoms with Gasteiger partial charge in [-0.05, 0) is 13.5 Å². The van der Waals surface area contributed by atoms with Crippen LogP contribution in [0.3, 0.4) is 0 Å². The van der Waals surface area contributed by atoms with Crippen LogP contribution in [-0.4, -0.2) is 37.4 Å². The molecule has 0 aromatic carbocycles. The standard InChI is InChI=1S/C6H13N2O/c1-7-4-6(9)2-3-8-5-6/h7,9H,2-5H2,1H3. The largest absolute Gasteiger partial charge is 0.387 e. The molecule has 1 rings (SSSR count). The maximum Gasteiger partial charge on any atom is 0.0924 e. The lowest BCUT2D eigenvalue weighted by Gasteiger charge is -2.19. The third-order valence-electron chi connectivity index (χ3n) is 1.65. The third-order valence-corrected chi connectivity index (χ3v) is 1.65. The first kappa shape index (κ1) is 6.99. The summed E-state index contributed by atoms with van der Waals surface area (Å²) in [5, 5.41) is 16.5. The van der Waals surface area contributed by atoms with Crippen LogP contribution in [0.15, 0.2) is 0 Å². The first-order chi connectivity index (χ1) is 4.27. The molecule has 53 valence electrons. The fraction of sp³-hybridized carbons (Fsp3) is 1.00. The molecule has 0 aromatic rings. The molecule has 1 atom stereocenters. The van der Waals surface area contributed by atoms with Gasteiger partial charge in [0.25, 0.3) is 0 Å². The van der Waals surface area contributed by atoms with Gasteiger partial charge in [-0.2, -0.15) is 0 Å². The maximum atomic E-state index is 9.54. The predicted molar refractivity (Wildman–Crippen MR) is 35.4 cm³/mol. The highest BCUT2D eigenvalue weighted by molar-refractivity contribution is 4.88. The van der Waals surface area contributed by atoms with Crippen molar-refractivity contribution in [2.75, 3.05) is 26.7 Å². The summed E-state index contributed by atoms with van der Waals surface area (Å²) < 4.78 is 0. The van der Waals surface area contributed by atoms with E-state index in [0.717, 1.165) is 13.0 Å². The SMILES string of the molecule is CNCC1(O)CC[N]C1. The van der Waals surface area contributed by atoms with Crippen molar-refractivity contribution in [2.45, 2.75) is 12.0 Å². The molecule has 0 bridgehead atoms. The molecule has 2 N–H and O–H groups in total. The Bertz CT molecular complexity index is 89.1. The molecule has 0 aliphatic carbocycles. The van der Waals surface area contributed by atoms with Gasteiger partial charge in [-0.15, -0.1) is 0 Å². The number of hydrogen-bond acceptors (Lipinski definition) is 2. The van der Waals surface area contributed by atoms with Gasteiger partial charge in [0.15, 0.2) is 0 Å².